The molecule has 1 saturated heterocycles. The van der Waals surface area contributed by atoms with Gasteiger partial charge in [-0.05, 0) is 62.1 Å². The lowest BCUT2D eigenvalue weighted by molar-refractivity contribution is 0.169. The van der Waals surface area contributed by atoms with Gasteiger partial charge in [-0.15, -0.1) is 0 Å². The molecular weight excluding hydrogens is 314 g/mol. The van der Waals surface area contributed by atoms with Gasteiger partial charge in [0.05, 0.1) is 0 Å². The molecule has 1 spiro atoms. The third-order valence-corrected chi connectivity index (χ3v) is 7.16. The van der Waals surface area contributed by atoms with Crippen molar-refractivity contribution in [2.24, 2.45) is 11.3 Å². The maximum Gasteiger partial charge on any atom is 0.0352 e. The molecule has 0 saturated carbocycles. The second-order valence-corrected chi connectivity index (χ2v) is 10.5. The molecule has 1 fully saturated rings. The second kappa shape index (κ2) is 5.75. The zero-order chi connectivity index (χ0) is 18.7. The van der Waals surface area contributed by atoms with Crippen LogP contribution in [0.4, 0.5) is 0 Å². The minimum absolute atomic E-state index is 0.204. The van der Waals surface area contributed by atoms with Crippen molar-refractivity contribution < 1.29 is 0 Å². The van der Waals surface area contributed by atoms with Crippen molar-refractivity contribution in [3.8, 4) is 0 Å². The fourth-order valence-electron chi connectivity index (χ4n) is 6.02. The molecule has 1 nitrogen and oxygen atoms in total. The fourth-order valence-corrected chi connectivity index (χ4v) is 6.02. The normalized spacial score (nSPS) is 29.1. The average Bonchev–Trinajstić information content (AvgIpc) is 3.04. The summed E-state index contributed by atoms with van der Waals surface area (Å²) in [5, 5.41) is 0. The molecule has 1 aliphatic heterocycles. The van der Waals surface area contributed by atoms with E-state index in [1.165, 1.54) is 25.8 Å². The Bertz CT molecular complexity index is 777. The molecule has 0 amide bonds. The molecule has 0 aromatic heterocycles. The predicted molar refractivity (Wildman–Crippen MR) is 111 cm³/mol. The Labute approximate surface area is 160 Å². The Balaban J connectivity index is 1.82. The van der Waals surface area contributed by atoms with E-state index >= 15 is 0 Å². The molecule has 1 heterocycles. The topological polar surface area (TPSA) is 3.24 Å². The van der Waals surface area contributed by atoms with Crippen molar-refractivity contribution in [1.29, 1.82) is 0 Å². The summed E-state index contributed by atoms with van der Waals surface area (Å²) >= 11 is 0. The van der Waals surface area contributed by atoms with E-state index < -0.39 is 0 Å². The van der Waals surface area contributed by atoms with Crippen molar-refractivity contribution in [1.82, 2.24) is 4.90 Å². The monoisotopic (exact) mass is 349 g/mol. The van der Waals surface area contributed by atoms with Crippen LogP contribution in [0.25, 0.3) is 0 Å². The van der Waals surface area contributed by atoms with Gasteiger partial charge in [-0.25, -0.2) is 0 Å². The summed E-state index contributed by atoms with van der Waals surface area (Å²) in [6, 6.07) is 9.22. The zero-order valence-corrected chi connectivity index (χ0v) is 17.5. The summed E-state index contributed by atoms with van der Waals surface area (Å²) < 4.78 is 0. The van der Waals surface area contributed by atoms with Crippen LogP contribution in [0.15, 0.2) is 47.7 Å². The number of fused-ring (bicyclic) bond motifs is 2. The molecule has 1 atom stereocenters. The van der Waals surface area contributed by atoms with Crippen LogP contribution in [0.5, 0.6) is 0 Å². The highest BCUT2D eigenvalue weighted by atomic mass is 15.2. The van der Waals surface area contributed by atoms with Crippen molar-refractivity contribution in [3.63, 3.8) is 0 Å². The van der Waals surface area contributed by atoms with E-state index in [4.69, 9.17) is 0 Å². The van der Waals surface area contributed by atoms with Gasteiger partial charge in [-0.2, -0.15) is 0 Å². The first-order valence-corrected chi connectivity index (χ1v) is 10.4. The largest absolute Gasteiger partial charge is 0.368 e. The van der Waals surface area contributed by atoms with Crippen LogP contribution in [-0.4, -0.2) is 17.0 Å². The summed E-state index contributed by atoms with van der Waals surface area (Å²) in [5.41, 5.74) is 7.15. The number of nitrogens with zero attached hydrogens (tertiary/aromatic N) is 1. The highest BCUT2D eigenvalue weighted by Gasteiger charge is 2.54. The van der Waals surface area contributed by atoms with Gasteiger partial charge in [0.2, 0.25) is 0 Å². The Morgan fingerprint density at radius 1 is 1.04 bits per heavy atom. The van der Waals surface area contributed by atoms with Gasteiger partial charge in [0.25, 0.3) is 0 Å². The van der Waals surface area contributed by atoms with Gasteiger partial charge in [-0.1, -0.05) is 64.1 Å². The molecule has 1 aromatic rings. The number of likely N-dealkylation sites (tertiary alicyclic amines) is 1. The summed E-state index contributed by atoms with van der Waals surface area (Å²) in [6.45, 7) is 15.7. The van der Waals surface area contributed by atoms with E-state index in [1.54, 1.807) is 22.4 Å². The number of allylic oxidation sites excluding steroid dienone is 4. The zero-order valence-electron chi connectivity index (χ0n) is 17.5. The van der Waals surface area contributed by atoms with Crippen molar-refractivity contribution in [2.45, 2.75) is 78.2 Å². The maximum absolute atomic E-state index is 2.81. The average molecular weight is 350 g/mol. The van der Waals surface area contributed by atoms with Crippen molar-refractivity contribution in [3.05, 3.63) is 58.8 Å². The maximum atomic E-state index is 2.81. The van der Waals surface area contributed by atoms with Gasteiger partial charge in [0, 0.05) is 28.6 Å². The number of benzene rings is 1. The van der Waals surface area contributed by atoms with Crippen LogP contribution in [0.3, 0.4) is 0 Å². The summed E-state index contributed by atoms with van der Waals surface area (Å²) in [6.07, 6.45) is 9.78. The molecule has 0 radical (unpaired) electrons. The number of aryl methyl sites for hydroxylation is 1. The highest BCUT2D eigenvalue weighted by Crippen LogP contribution is 2.55. The fraction of sp³-hybridized carbons (Fsp3) is 0.600. The number of hydrogen-bond acceptors (Lipinski definition) is 1. The van der Waals surface area contributed by atoms with Gasteiger partial charge in [-0.3, -0.25) is 0 Å². The first kappa shape index (κ1) is 17.9. The lowest BCUT2D eigenvalue weighted by Gasteiger charge is -2.45. The third-order valence-electron chi connectivity index (χ3n) is 7.16. The predicted octanol–water partition coefficient (Wildman–Crippen LogP) is 6.25. The van der Waals surface area contributed by atoms with Crippen LogP contribution in [-0.2, 0) is 11.8 Å². The minimum atomic E-state index is 0.204. The molecule has 2 aliphatic carbocycles. The van der Waals surface area contributed by atoms with Crippen molar-refractivity contribution in [2.75, 3.05) is 6.54 Å². The third kappa shape index (κ3) is 2.58. The van der Waals surface area contributed by atoms with Crippen LogP contribution in [0.2, 0.25) is 0 Å². The van der Waals surface area contributed by atoms with E-state index in [9.17, 15) is 0 Å². The smallest absolute Gasteiger partial charge is 0.0352 e. The Morgan fingerprint density at radius 3 is 2.50 bits per heavy atom. The summed E-state index contributed by atoms with van der Waals surface area (Å²) in [7, 11) is 0. The van der Waals surface area contributed by atoms with Crippen LogP contribution >= 0.6 is 0 Å². The van der Waals surface area contributed by atoms with Crippen LogP contribution in [0, 0.1) is 11.3 Å². The Morgan fingerprint density at radius 2 is 1.77 bits per heavy atom. The van der Waals surface area contributed by atoms with E-state index in [2.05, 4.69) is 82.9 Å². The quantitative estimate of drug-likeness (QED) is 0.610. The van der Waals surface area contributed by atoms with E-state index in [0.29, 0.717) is 11.3 Å². The van der Waals surface area contributed by atoms with E-state index in [0.717, 1.165) is 6.42 Å². The molecule has 0 bridgehead atoms. The molecule has 3 aliphatic rings. The molecule has 140 valence electrons. The van der Waals surface area contributed by atoms with Crippen molar-refractivity contribution >= 4 is 0 Å². The number of hydrogen-bond donors (Lipinski definition) is 0. The SMILES string of the molecule is CC(C)C1=C(N2CC3(CCc4ccccc43)CC2(C)C)C(C)(C)CC=C1. The molecular formula is C25H35N. The minimum Gasteiger partial charge on any atom is -0.368 e. The van der Waals surface area contributed by atoms with Gasteiger partial charge in [0.15, 0.2) is 0 Å². The van der Waals surface area contributed by atoms with Gasteiger partial charge >= 0.3 is 0 Å². The molecule has 0 N–H and O–H groups in total. The standard InChI is InChI=1S/C25H35N/c1-18(2)20-11-9-14-23(3,4)22(20)26-17-25(16-24(26,5)6)15-13-19-10-7-8-12-21(19)25/h7-12,18H,13-17H2,1-6H3. The molecule has 1 aromatic carbocycles. The molecule has 26 heavy (non-hydrogen) atoms. The molecule has 1 unspecified atom stereocenters. The lowest BCUT2D eigenvalue weighted by atomic mass is 9.75. The van der Waals surface area contributed by atoms with E-state index in [1.807, 2.05) is 0 Å². The summed E-state index contributed by atoms with van der Waals surface area (Å²) in [4.78, 5) is 2.81. The summed E-state index contributed by atoms with van der Waals surface area (Å²) in [5.74, 6) is 0.573. The lowest BCUT2D eigenvalue weighted by Crippen LogP contribution is -2.43. The number of rotatable bonds is 2. The highest BCUT2D eigenvalue weighted by molar-refractivity contribution is 5.44. The van der Waals surface area contributed by atoms with E-state index in [-0.39, 0.29) is 11.0 Å². The second-order valence-electron chi connectivity index (χ2n) is 10.5. The first-order chi connectivity index (χ1) is 12.2. The molecule has 1 heteroatoms. The Kier molecular flexibility index (Phi) is 3.95. The Hall–Kier alpha value is -1.50. The molecule has 4 rings (SSSR count). The van der Waals surface area contributed by atoms with Crippen LogP contribution < -0.4 is 0 Å². The first-order valence-electron chi connectivity index (χ1n) is 10.4. The van der Waals surface area contributed by atoms with Crippen LogP contribution in [0.1, 0.15) is 71.9 Å². The van der Waals surface area contributed by atoms with Gasteiger partial charge < -0.3 is 4.90 Å². The van der Waals surface area contributed by atoms with Gasteiger partial charge in [0.1, 0.15) is 0 Å².